The van der Waals surface area contributed by atoms with Crippen LogP contribution in [0, 0.1) is 0 Å². The number of morpholine rings is 1. The van der Waals surface area contributed by atoms with Crippen molar-refractivity contribution < 1.29 is 9.53 Å². The molecular formula is C34H35N5O2. The van der Waals surface area contributed by atoms with Gasteiger partial charge in [-0.15, -0.1) is 5.10 Å². The first-order valence-electron chi connectivity index (χ1n) is 14.4. The lowest BCUT2D eigenvalue weighted by molar-refractivity contribution is 0.0342. The van der Waals surface area contributed by atoms with Gasteiger partial charge in [0.2, 0.25) is 5.95 Å². The third-order valence-electron chi connectivity index (χ3n) is 7.51. The van der Waals surface area contributed by atoms with Gasteiger partial charge in [0.15, 0.2) is 11.4 Å². The highest BCUT2D eigenvalue weighted by molar-refractivity contribution is 5.96. The second kappa shape index (κ2) is 12.9. The van der Waals surface area contributed by atoms with Crippen LogP contribution in [-0.4, -0.2) is 51.6 Å². The van der Waals surface area contributed by atoms with E-state index in [0.717, 1.165) is 80.3 Å². The molecule has 3 heterocycles. The number of fused-ring (bicyclic) bond motifs is 1. The molecule has 0 amide bonds. The van der Waals surface area contributed by atoms with E-state index in [1.807, 2.05) is 77.3 Å². The summed E-state index contributed by atoms with van der Waals surface area (Å²) in [5.74, 6) is 0.727. The third-order valence-corrected chi connectivity index (χ3v) is 7.51. The first-order valence-corrected chi connectivity index (χ1v) is 14.4. The van der Waals surface area contributed by atoms with E-state index in [1.165, 1.54) is 11.1 Å². The fourth-order valence-corrected chi connectivity index (χ4v) is 5.31. The highest BCUT2D eigenvalue weighted by atomic mass is 16.5. The molecule has 0 unspecified atom stereocenters. The molecule has 208 valence electrons. The number of Topliss-reactive ketones (excluding diaryl/α,β-unsaturated/α-hetero) is 1. The molecule has 1 saturated heterocycles. The van der Waals surface area contributed by atoms with Crippen molar-refractivity contribution in [2.75, 3.05) is 31.6 Å². The Morgan fingerprint density at radius 3 is 2.44 bits per heavy atom. The fraction of sp³-hybridized carbons (Fsp3) is 0.265. The third kappa shape index (κ3) is 6.88. The summed E-state index contributed by atoms with van der Waals surface area (Å²) in [5.41, 5.74) is 7.05. The van der Waals surface area contributed by atoms with Gasteiger partial charge in [0.1, 0.15) is 0 Å². The molecule has 7 heteroatoms. The van der Waals surface area contributed by atoms with Gasteiger partial charge in [0.25, 0.3) is 0 Å². The van der Waals surface area contributed by atoms with Crippen molar-refractivity contribution in [3.63, 3.8) is 0 Å². The summed E-state index contributed by atoms with van der Waals surface area (Å²) >= 11 is 0. The summed E-state index contributed by atoms with van der Waals surface area (Å²) in [7, 11) is 0. The first kappa shape index (κ1) is 26.9. The van der Waals surface area contributed by atoms with Crippen molar-refractivity contribution in [3.8, 4) is 11.3 Å². The van der Waals surface area contributed by atoms with Crippen LogP contribution in [-0.2, 0) is 17.7 Å². The number of carbonyl (C=O) groups excluding carboxylic acids is 1. The zero-order valence-corrected chi connectivity index (χ0v) is 23.2. The minimum Gasteiger partial charge on any atom is -0.379 e. The number of nitrogens with zero attached hydrogens (tertiary/aromatic N) is 4. The largest absolute Gasteiger partial charge is 0.379 e. The summed E-state index contributed by atoms with van der Waals surface area (Å²) in [6.07, 6.45) is 3.42. The molecule has 6 rings (SSSR count). The van der Waals surface area contributed by atoms with Crippen LogP contribution < -0.4 is 5.32 Å². The van der Waals surface area contributed by atoms with Crippen LogP contribution in [0.2, 0.25) is 0 Å². The molecule has 2 aromatic heterocycles. The van der Waals surface area contributed by atoms with Crippen LogP contribution >= 0.6 is 0 Å². The van der Waals surface area contributed by atoms with Gasteiger partial charge in [-0.1, -0.05) is 72.8 Å². The number of hydrogen-bond donors (Lipinski definition) is 1. The maximum Gasteiger partial charge on any atom is 0.247 e. The number of benzene rings is 3. The highest BCUT2D eigenvalue weighted by Gasteiger charge is 2.12. The van der Waals surface area contributed by atoms with E-state index >= 15 is 0 Å². The Hall–Kier alpha value is -4.33. The normalized spacial score (nSPS) is 13.9. The van der Waals surface area contributed by atoms with Crippen molar-refractivity contribution in [1.29, 1.82) is 0 Å². The van der Waals surface area contributed by atoms with Crippen LogP contribution in [0.5, 0.6) is 0 Å². The Balaban J connectivity index is 1.03. The zero-order chi connectivity index (χ0) is 27.9. The monoisotopic (exact) mass is 545 g/mol. The van der Waals surface area contributed by atoms with Crippen molar-refractivity contribution in [2.24, 2.45) is 0 Å². The molecule has 0 radical (unpaired) electrons. The topological polar surface area (TPSA) is 71.8 Å². The van der Waals surface area contributed by atoms with Crippen LogP contribution in [0.4, 0.5) is 11.6 Å². The lowest BCUT2D eigenvalue weighted by Gasteiger charge is -2.26. The number of pyridine rings is 1. The molecule has 3 aromatic carbocycles. The zero-order valence-electron chi connectivity index (χ0n) is 23.2. The number of nitrogens with one attached hydrogen (secondary N) is 1. The summed E-state index contributed by atoms with van der Waals surface area (Å²) in [6.45, 7) is 4.61. The number of anilines is 2. The average molecular weight is 546 g/mol. The smallest absolute Gasteiger partial charge is 0.247 e. The molecule has 0 bridgehead atoms. The van der Waals surface area contributed by atoms with E-state index < -0.39 is 0 Å². The Labute approximate surface area is 240 Å². The molecule has 0 saturated carbocycles. The number of aromatic nitrogens is 3. The fourth-order valence-electron chi connectivity index (χ4n) is 5.31. The number of unbranched alkanes of at least 4 members (excludes halogenated alkanes) is 1. The first-order chi connectivity index (χ1) is 20.2. The van der Waals surface area contributed by atoms with Gasteiger partial charge < -0.3 is 10.1 Å². The molecule has 0 atom stereocenters. The SMILES string of the molecule is O=C(CCCCc1cccc(CN2CCOCC2)c1)c1ccc(-c2cccc3nc(Nc4ccccc4)nn23)cc1. The quantitative estimate of drug-likeness (QED) is 0.150. The molecule has 41 heavy (non-hydrogen) atoms. The Morgan fingerprint density at radius 1 is 0.829 bits per heavy atom. The average Bonchev–Trinajstić information content (AvgIpc) is 3.43. The van der Waals surface area contributed by atoms with Gasteiger partial charge >= 0.3 is 0 Å². The second-order valence-electron chi connectivity index (χ2n) is 10.5. The van der Waals surface area contributed by atoms with Crippen LogP contribution in [0.25, 0.3) is 16.9 Å². The minimum atomic E-state index is 0.186. The van der Waals surface area contributed by atoms with Crippen molar-refractivity contribution in [2.45, 2.75) is 32.2 Å². The number of hydrogen-bond acceptors (Lipinski definition) is 6. The van der Waals surface area contributed by atoms with E-state index in [4.69, 9.17) is 4.74 Å². The molecule has 0 spiro atoms. The van der Waals surface area contributed by atoms with Gasteiger partial charge in [0, 0.05) is 42.9 Å². The van der Waals surface area contributed by atoms with Crippen molar-refractivity contribution in [3.05, 3.63) is 114 Å². The van der Waals surface area contributed by atoms with E-state index in [9.17, 15) is 4.79 Å². The molecule has 5 aromatic rings. The van der Waals surface area contributed by atoms with E-state index in [1.54, 1.807) is 0 Å². The standard InChI is InChI=1S/C34H35N5O2/c40-32(14-5-4-8-26-9-6-10-27(24-26)25-38-20-22-41-23-21-38)29-18-16-28(17-19-29)31-13-7-15-33-36-34(37-39(31)33)35-30-11-2-1-3-12-30/h1-3,6-7,9-13,15-19,24H,4-5,8,14,20-23,25H2,(H,35,37). The lowest BCUT2D eigenvalue weighted by Crippen LogP contribution is -2.35. The summed E-state index contributed by atoms with van der Waals surface area (Å²) in [6, 6.07) is 32.5. The number of para-hydroxylation sites is 1. The van der Waals surface area contributed by atoms with E-state index in [-0.39, 0.29) is 5.78 Å². The van der Waals surface area contributed by atoms with E-state index in [0.29, 0.717) is 12.4 Å². The number of aryl methyl sites for hydroxylation is 1. The van der Waals surface area contributed by atoms with Crippen LogP contribution in [0.15, 0.2) is 97.1 Å². The van der Waals surface area contributed by atoms with Crippen LogP contribution in [0.1, 0.15) is 40.7 Å². The van der Waals surface area contributed by atoms with E-state index in [2.05, 4.69) is 44.6 Å². The minimum absolute atomic E-state index is 0.186. The predicted molar refractivity (Wildman–Crippen MR) is 163 cm³/mol. The molecule has 1 N–H and O–H groups in total. The number of ether oxygens (including phenoxy) is 1. The number of carbonyl (C=O) groups is 1. The summed E-state index contributed by atoms with van der Waals surface area (Å²) in [5, 5.41) is 7.93. The van der Waals surface area contributed by atoms with Crippen molar-refractivity contribution in [1.82, 2.24) is 19.5 Å². The van der Waals surface area contributed by atoms with Crippen LogP contribution in [0.3, 0.4) is 0 Å². The molecule has 1 aliphatic heterocycles. The summed E-state index contributed by atoms with van der Waals surface area (Å²) in [4.78, 5) is 20.0. The molecule has 0 aliphatic carbocycles. The number of ketones is 1. The number of rotatable bonds is 11. The second-order valence-corrected chi connectivity index (χ2v) is 10.5. The van der Waals surface area contributed by atoms with Crippen molar-refractivity contribution >= 4 is 23.1 Å². The molecule has 1 fully saturated rings. The van der Waals surface area contributed by atoms with Gasteiger partial charge in [-0.25, -0.2) is 4.52 Å². The van der Waals surface area contributed by atoms with Gasteiger partial charge in [-0.05, 0) is 54.7 Å². The Bertz CT molecular complexity index is 1590. The highest BCUT2D eigenvalue weighted by Crippen LogP contribution is 2.23. The maximum atomic E-state index is 12.9. The van der Waals surface area contributed by atoms with Gasteiger partial charge in [-0.2, -0.15) is 4.98 Å². The van der Waals surface area contributed by atoms with Gasteiger partial charge in [-0.3, -0.25) is 9.69 Å². The molecular weight excluding hydrogens is 510 g/mol. The Kier molecular flexibility index (Phi) is 8.45. The maximum absolute atomic E-state index is 12.9. The lowest BCUT2D eigenvalue weighted by atomic mass is 10.00. The molecule has 1 aliphatic rings. The molecule has 7 nitrogen and oxygen atoms in total. The summed E-state index contributed by atoms with van der Waals surface area (Å²) < 4.78 is 7.29. The van der Waals surface area contributed by atoms with Gasteiger partial charge in [0.05, 0.1) is 18.9 Å². The Morgan fingerprint density at radius 2 is 1.61 bits per heavy atom. The predicted octanol–water partition coefficient (Wildman–Crippen LogP) is 6.57.